The molecule has 0 radical (unpaired) electrons. The van der Waals surface area contributed by atoms with Gasteiger partial charge in [0.2, 0.25) is 5.56 Å². The Kier molecular flexibility index (Phi) is 7.87. The first kappa shape index (κ1) is 24.5. The molecule has 1 aliphatic heterocycles. The van der Waals surface area contributed by atoms with Crippen LogP contribution in [0.15, 0.2) is 76.8 Å². The molecule has 35 heavy (non-hydrogen) atoms. The van der Waals surface area contributed by atoms with E-state index in [9.17, 15) is 14.5 Å². The molecular weight excluding hydrogens is 442 g/mol. The fourth-order valence-electron chi connectivity index (χ4n) is 4.69. The quantitative estimate of drug-likeness (QED) is 0.470. The van der Waals surface area contributed by atoms with Crippen LogP contribution in [-0.2, 0) is 11.8 Å². The number of amides is 1. The average molecular weight is 474 g/mol. The summed E-state index contributed by atoms with van der Waals surface area (Å²) in [6.45, 7) is 4.58. The second-order valence-electron chi connectivity index (χ2n) is 9.06. The highest BCUT2D eigenvalue weighted by atomic mass is 16.5. The van der Waals surface area contributed by atoms with Gasteiger partial charge in [-0.05, 0) is 60.2 Å². The fraction of sp³-hybridized carbons (Fsp3) is 0.357. The summed E-state index contributed by atoms with van der Waals surface area (Å²) in [7, 11) is 1.67. The van der Waals surface area contributed by atoms with Gasteiger partial charge in [0.05, 0.1) is 6.61 Å². The number of benzene rings is 2. The Morgan fingerprint density at radius 1 is 1.00 bits per heavy atom. The second kappa shape index (κ2) is 11.2. The maximum absolute atomic E-state index is 13.0. The number of hydrogen-bond donors (Lipinski definition) is 0. The maximum Gasteiger partial charge on any atom is 0.253 e. The molecule has 0 aliphatic carbocycles. The number of pyridine rings is 1. The number of carbonyl (C=O) groups excluding carboxylic acids is 1. The molecule has 3 aromatic rings. The van der Waals surface area contributed by atoms with Crippen LogP contribution in [0.4, 0.5) is 0 Å². The van der Waals surface area contributed by atoms with E-state index in [4.69, 9.17) is 4.74 Å². The number of aromatic nitrogens is 1. The molecule has 2 unspecified atom stereocenters. The monoisotopic (exact) mass is 473 g/mol. The Morgan fingerprint density at radius 3 is 2.46 bits per heavy atom. The van der Waals surface area contributed by atoms with Gasteiger partial charge in [-0.3, -0.25) is 9.59 Å². The van der Waals surface area contributed by atoms with Crippen LogP contribution in [0, 0.1) is 11.8 Å². The molecule has 0 N–H and O–H groups in total. The number of rotatable bonds is 7. The van der Waals surface area contributed by atoms with Crippen LogP contribution in [-0.4, -0.2) is 41.7 Å². The van der Waals surface area contributed by atoms with Crippen molar-refractivity contribution in [3.05, 3.63) is 110 Å². The van der Waals surface area contributed by atoms with Crippen LogP contribution in [0.3, 0.4) is 0 Å². The Hall–Kier alpha value is -3.58. The van der Waals surface area contributed by atoms with Crippen molar-refractivity contribution in [2.75, 3.05) is 26.3 Å². The minimum atomic E-state index is -0.621. The number of nitroso groups, excluding NO2 is 1. The Morgan fingerprint density at radius 2 is 1.74 bits per heavy atom. The Balaban J connectivity index is 1.64. The average Bonchev–Trinajstić information content (AvgIpc) is 3.17. The molecule has 1 amide bonds. The van der Waals surface area contributed by atoms with Crippen molar-refractivity contribution in [2.24, 2.45) is 12.2 Å². The first-order chi connectivity index (χ1) is 17.0. The zero-order valence-electron chi connectivity index (χ0n) is 20.2. The third kappa shape index (κ3) is 5.74. The van der Waals surface area contributed by atoms with Gasteiger partial charge in [0.15, 0.2) is 0 Å². The van der Waals surface area contributed by atoms with E-state index in [0.717, 1.165) is 23.1 Å². The summed E-state index contributed by atoms with van der Waals surface area (Å²) in [6.07, 6.45) is 2.96. The summed E-state index contributed by atoms with van der Waals surface area (Å²) >= 11 is 0. The molecule has 1 saturated heterocycles. The summed E-state index contributed by atoms with van der Waals surface area (Å²) in [4.78, 5) is 38.6. The first-order valence-electron chi connectivity index (χ1n) is 12.0. The van der Waals surface area contributed by atoms with E-state index < -0.39 is 6.04 Å². The molecule has 182 valence electrons. The van der Waals surface area contributed by atoms with E-state index >= 15 is 0 Å². The fourth-order valence-corrected chi connectivity index (χ4v) is 4.69. The minimum absolute atomic E-state index is 0.00660. The largest absolute Gasteiger partial charge is 0.380 e. The summed E-state index contributed by atoms with van der Waals surface area (Å²) in [5.74, 6) is -0.0981. The van der Waals surface area contributed by atoms with Gasteiger partial charge in [-0.25, -0.2) is 0 Å². The van der Waals surface area contributed by atoms with E-state index in [-0.39, 0.29) is 17.4 Å². The highest BCUT2D eigenvalue weighted by Gasteiger charge is 2.24. The van der Waals surface area contributed by atoms with Gasteiger partial charge < -0.3 is 14.2 Å². The Bertz CT molecular complexity index is 1230. The summed E-state index contributed by atoms with van der Waals surface area (Å²) in [5, 5.41) is 3.43. The lowest BCUT2D eigenvalue weighted by Crippen LogP contribution is -2.33. The molecule has 0 saturated carbocycles. The smallest absolute Gasteiger partial charge is 0.253 e. The third-order valence-electron chi connectivity index (χ3n) is 6.71. The van der Waals surface area contributed by atoms with Crippen molar-refractivity contribution >= 4 is 5.91 Å². The van der Waals surface area contributed by atoms with Crippen molar-refractivity contribution in [3.63, 3.8) is 0 Å². The van der Waals surface area contributed by atoms with E-state index in [1.165, 1.54) is 10.6 Å². The molecule has 4 rings (SSSR count). The standard InChI is InChI=1S/C28H31N3O4/c1-20-6-3-4-7-24(20)25(18-26(29-34)23-12-13-27(32)30(2)19-23)21-8-10-22(11-9-21)28(33)31-14-5-16-35-17-15-31/h3-4,6-13,19,25-26H,5,14-18H2,1-2H3. The van der Waals surface area contributed by atoms with Crippen LogP contribution in [0.5, 0.6) is 0 Å². The molecule has 2 aromatic carbocycles. The summed E-state index contributed by atoms with van der Waals surface area (Å²) in [6, 6.07) is 18.3. The number of carbonyl (C=O) groups is 1. The van der Waals surface area contributed by atoms with Gasteiger partial charge >= 0.3 is 0 Å². The normalized spacial score (nSPS) is 15.8. The first-order valence-corrected chi connectivity index (χ1v) is 12.0. The summed E-state index contributed by atoms with van der Waals surface area (Å²) in [5.41, 5.74) is 4.44. The van der Waals surface area contributed by atoms with Gasteiger partial charge in [0.25, 0.3) is 5.91 Å². The zero-order chi connectivity index (χ0) is 24.8. The van der Waals surface area contributed by atoms with Crippen molar-refractivity contribution in [1.29, 1.82) is 0 Å². The second-order valence-corrected chi connectivity index (χ2v) is 9.06. The van der Waals surface area contributed by atoms with Gasteiger partial charge in [-0.2, -0.15) is 4.91 Å². The number of aryl methyl sites for hydroxylation is 2. The molecular formula is C28H31N3O4. The summed E-state index contributed by atoms with van der Waals surface area (Å²) < 4.78 is 6.94. The topological polar surface area (TPSA) is 81.0 Å². The highest BCUT2D eigenvalue weighted by molar-refractivity contribution is 5.94. The van der Waals surface area contributed by atoms with E-state index in [0.29, 0.717) is 43.9 Å². The zero-order valence-corrected chi connectivity index (χ0v) is 20.2. The van der Waals surface area contributed by atoms with E-state index in [1.54, 1.807) is 19.3 Å². The number of ether oxygens (including phenoxy) is 1. The Labute approximate surface area is 205 Å². The molecule has 2 heterocycles. The van der Waals surface area contributed by atoms with Crippen molar-refractivity contribution in [1.82, 2.24) is 9.47 Å². The molecule has 7 heteroatoms. The maximum atomic E-state index is 13.0. The predicted octanol–water partition coefficient (Wildman–Crippen LogP) is 4.59. The SMILES string of the molecule is Cc1ccccc1C(CC(N=O)c1ccc(=O)n(C)c1)c1ccc(C(=O)N2CCCOCC2)cc1. The van der Waals surface area contributed by atoms with Crippen molar-refractivity contribution in [3.8, 4) is 0 Å². The lowest BCUT2D eigenvalue weighted by atomic mass is 9.82. The van der Waals surface area contributed by atoms with Crippen LogP contribution in [0.25, 0.3) is 0 Å². The van der Waals surface area contributed by atoms with Crippen LogP contribution >= 0.6 is 0 Å². The number of hydrogen-bond acceptors (Lipinski definition) is 5. The van der Waals surface area contributed by atoms with Crippen LogP contribution < -0.4 is 5.56 Å². The van der Waals surface area contributed by atoms with E-state index in [1.807, 2.05) is 41.3 Å². The molecule has 1 fully saturated rings. The minimum Gasteiger partial charge on any atom is -0.380 e. The molecule has 0 bridgehead atoms. The van der Waals surface area contributed by atoms with Crippen LogP contribution in [0.2, 0.25) is 0 Å². The molecule has 0 spiro atoms. The van der Waals surface area contributed by atoms with Gasteiger partial charge in [-0.1, -0.05) is 41.6 Å². The predicted molar refractivity (Wildman–Crippen MR) is 136 cm³/mol. The molecule has 2 atom stereocenters. The molecule has 7 nitrogen and oxygen atoms in total. The lowest BCUT2D eigenvalue weighted by molar-refractivity contribution is 0.0741. The highest BCUT2D eigenvalue weighted by Crippen LogP contribution is 2.37. The van der Waals surface area contributed by atoms with Crippen molar-refractivity contribution in [2.45, 2.75) is 31.7 Å². The van der Waals surface area contributed by atoms with Gasteiger partial charge in [0.1, 0.15) is 6.04 Å². The molecule has 1 aromatic heterocycles. The molecule has 1 aliphatic rings. The van der Waals surface area contributed by atoms with Crippen LogP contribution in [0.1, 0.15) is 57.4 Å². The van der Waals surface area contributed by atoms with Crippen molar-refractivity contribution < 1.29 is 9.53 Å². The van der Waals surface area contributed by atoms with Gasteiger partial charge in [0, 0.05) is 50.5 Å². The number of nitrogens with zero attached hydrogens (tertiary/aromatic N) is 3. The third-order valence-corrected chi connectivity index (χ3v) is 6.71. The van der Waals surface area contributed by atoms with Gasteiger partial charge in [-0.15, -0.1) is 0 Å². The lowest BCUT2D eigenvalue weighted by Gasteiger charge is -2.24. The van der Waals surface area contributed by atoms with E-state index in [2.05, 4.69) is 24.2 Å².